The van der Waals surface area contributed by atoms with Gasteiger partial charge in [-0.2, -0.15) is 0 Å². The molecule has 0 radical (unpaired) electrons. The van der Waals surface area contributed by atoms with Crippen LogP contribution in [-0.4, -0.2) is 15.9 Å². The first kappa shape index (κ1) is 18.3. The fourth-order valence-electron chi connectivity index (χ4n) is 2.85. The van der Waals surface area contributed by atoms with Crippen molar-refractivity contribution in [3.8, 4) is 10.4 Å². The van der Waals surface area contributed by atoms with Crippen molar-refractivity contribution >= 4 is 34.0 Å². The maximum atomic E-state index is 12.6. The molecule has 4 nitrogen and oxygen atoms in total. The average Bonchev–Trinajstić information content (AvgIpc) is 3.11. The number of pyridine rings is 1. The summed E-state index contributed by atoms with van der Waals surface area (Å²) in [5, 5.41) is 3.57. The fraction of sp³-hybridized carbons (Fsp3) is 0.0455. The summed E-state index contributed by atoms with van der Waals surface area (Å²) >= 11 is 7.49. The van der Waals surface area contributed by atoms with Crippen LogP contribution < -0.4 is 5.32 Å². The zero-order valence-electron chi connectivity index (χ0n) is 14.8. The smallest absolute Gasteiger partial charge is 0.260 e. The monoisotopic (exact) mass is 405 g/mol. The van der Waals surface area contributed by atoms with Gasteiger partial charge < -0.3 is 0 Å². The molecule has 0 bridgehead atoms. The van der Waals surface area contributed by atoms with Crippen molar-refractivity contribution in [1.82, 2.24) is 9.97 Å². The van der Waals surface area contributed by atoms with E-state index in [2.05, 4.69) is 22.4 Å². The number of hydrogen-bond donors (Lipinski definition) is 1. The van der Waals surface area contributed by atoms with E-state index in [0.29, 0.717) is 17.1 Å². The Labute approximate surface area is 171 Å². The third-order valence-electron chi connectivity index (χ3n) is 4.17. The highest BCUT2D eigenvalue weighted by atomic mass is 35.5. The number of anilines is 1. The molecule has 0 atom stereocenters. The normalized spacial score (nSPS) is 10.6. The SMILES string of the molecule is O=C(Nc1nc(Cc2ccccc2)c(-c2ccccc2)s1)c1cccnc1Cl. The molecule has 1 amide bonds. The van der Waals surface area contributed by atoms with Crippen LogP contribution in [0.4, 0.5) is 5.13 Å². The fourth-order valence-corrected chi connectivity index (χ4v) is 4.04. The van der Waals surface area contributed by atoms with Gasteiger partial charge in [-0.05, 0) is 23.3 Å². The van der Waals surface area contributed by atoms with E-state index in [4.69, 9.17) is 16.6 Å². The third kappa shape index (κ3) is 4.11. The molecule has 0 saturated carbocycles. The number of aromatic nitrogens is 2. The Morgan fingerprint density at radius 2 is 1.68 bits per heavy atom. The number of benzene rings is 2. The average molecular weight is 406 g/mol. The second kappa shape index (κ2) is 8.33. The molecular weight excluding hydrogens is 390 g/mol. The van der Waals surface area contributed by atoms with E-state index in [1.54, 1.807) is 18.3 Å². The first-order chi connectivity index (χ1) is 13.7. The summed E-state index contributed by atoms with van der Waals surface area (Å²) in [6.45, 7) is 0. The molecule has 0 aliphatic rings. The maximum Gasteiger partial charge on any atom is 0.260 e. The molecule has 138 valence electrons. The lowest BCUT2D eigenvalue weighted by Crippen LogP contribution is -2.12. The number of rotatable bonds is 5. The van der Waals surface area contributed by atoms with E-state index in [9.17, 15) is 4.79 Å². The highest BCUT2D eigenvalue weighted by Gasteiger charge is 2.17. The second-order valence-electron chi connectivity index (χ2n) is 6.12. The van der Waals surface area contributed by atoms with Crippen molar-refractivity contribution in [2.75, 3.05) is 5.32 Å². The summed E-state index contributed by atoms with van der Waals surface area (Å²) in [5.74, 6) is -0.322. The first-order valence-corrected chi connectivity index (χ1v) is 9.91. The molecule has 2 heterocycles. The van der Waals surface area contributed by atoms with Gasteiger partial charge in [0.25, 0.3) is 5.91 Å². The number of carbonyl (C=O) groups is 1. The van der Waals surface area contributed by atoms with Crippen LogP contribution in [-0.2, 0) is 6.42 Å². The molecule has 2 aromatic heterocycles. The van der Waals surface area contributed by atoms with Crippen LogP contribution in [0.1, 0.15) is 21.6 Å². The molecule has 28 heavy (non-hydrogen) atoms. The highest BCUT2D eigenvalue weighted by molar-refractivity contribution is 7.19. The van der Waals surface area contributed by atoms with E-state index < -0.39 is 0 Å². The lowest BCUT2D eigenvalue weighted by molar-refractivity contribution is 0.102. The highest BCUT2D eigenvalue weighted by Crippen LogP contribution is 2.34. The number of hydrogen-bond acceptors (Lipinski definition) is 4. The zero-order valence-corrected chi connectivity index (χ0v) is 16.4. The van der Waals surface area contributed by atoms with Gasteiger partial charge in [0.15, 0.2) is 5.13 Å². The Bertz CT molecular complexity index is 1100. The summed E-state index contributed by atoms with van der Waals surface area (Å²) < 4.78 is 0. The van der Waals surface area contributed by atoms with Crippen molar-refractivity contribution in [2.24, 2.45) is 0 Å². The summed E-state index contributed by atoms with van der Waals surface area (Å²) in [6, 6.07) is 23.5. The molecule has 4 rings (SSSR count). The van der Waals surface area contributed by atoms with E-state index in [1.807, 2.05) is 48.5 Å². The Morgan fingerprint density at radius 3 is 2.39 bits per heavy atom. The van der Waals surface area contributed by atoms with Crippen molar-refractivity contribution in [3.05, 3.63) is 101 Å². The number of halogens is 1. The summed E-state index contributed by atoms with van der Waals surface area (Å²) in [7, 11) is 0. The van der Waals surface area contributed by atoms with E-state index in [-0.39, 0.29) is 11.1 Å². The van der Waals surface area contributed by atoms with Crippen LogP contribution in [0.15, 0.2) is 79.0 Å². The van der Waals surface area contributed by atoms with Gasteiger partial charge in [0.05, 0.1) is 16.1 Å². The van der Waals surface area contributed by atoms with Gasteiger partial charge in [0.1, 0.15) is 5.15 Å². The molecule has 1 N–H and O–H groups in total. The van der Waals surface area contributed by atoms with Gasteiger partial charge in [0, 0.05) is 12.6 Å². The number of carbonyl (C=O) groups excluding carboxylic acids is 1. The number of nitrogens with one attached hydrogen (secondary N) is 1. The molecule has 0 unspecified atom stereocenters. The van der Waals surface area contributed by atoms with Gasteiger partial charge >= 0.3 is 0 Å². The molecule has 0 saturated heterocycles. The quantitative estimate of drug-likeness (QED) is 0.433. The van der Waals surface area contributed by atoms with E-state index in [1.165, 1.54) is 11.3 Å². The minimum absolute atomic E-state index is 0.171. The first-order valence-electron chi connectivity index (χ1n) is 8.71. The van der Waals surface area contributed by atoms with Gasteiger partial charge in [-0.25, -0.2) is 9.97 Å². The summed E-state index contributed by atoms with van der Waals surface area (Å²) in [6.07, 6.45) is 2.24. The number of thiazole rings is 1. The molecule has 0 spiro atoms. The Kier molecular flexibility index (Phi) is 5.46. The molecular formula is C22H16ClN3OS. The van der Waals surface area contributed by atoms with Gasteiger partial charge in [-0.3, -0.25) is 10.1 Å². The Balaban J connectivity index is 1.67. The predicted octanol–water partition coefficient (Wildman–Crippen LogP) is 5.70. The van der Waals surface area contributed by atoms with Gasteiger partial charge in [0.2, 0.25) is 0 Å². The number of amides is 1. The Hall–Kier alpha value is -3.02. The van der Waals surface area contributed by atoms with E-state index >= 15 is 0 Å². The molecule has 4 aromatic rings. The van der Waals surface area contributed by atoms with Gasteiger partial charge in [-0.1, -0.05) is 83.6 Å². The Morgan fingerprint density at radius 1 is 0.964 bits per heavy atom. The molecule has 0 fully saturated rings. The lowest BCUT2D eigenvalue weighted by Gasteiger charge is -2.03. The minimum atomic E-state index is -0.322. The summed E-state index contributed by atoms with van der Waals surface area (Å²) in [5.41, 5.74) is 3.49. The van der Waals surface area contributed by atoms with Crippen LogP contribution >= 0.6 is 22.9 Å². The molecule has 0 aliphatic heterocycles. The van der Waals surface area contributed by atoms with Crippen molar-refractivity contribution in [3.63, 3.8) is 0 Å². The van der Waals surface area contributed by atoms with Crippen LogP contribution in [0.3, 0.4) is 0 Å². The minimum Gasteiger partial charge on any atom is -0.298 e. The molecule has 0 aliphatic carbocycles. The van der Waals surface area contributed by atoms with Crippen molar-refractivity contribution in [2.45, 2.75) is 6.42 Å². The largest absolute Gasteiger partial charge is 0.298 e. The standard InChI is InChI=1S/C22H16ClN3OS/c23-20-17(12-7-13-24-20)21(27)26-22-25-18(14-15-8-3-1-4-9-15)19(28-22)16-10-5-2-6-11-16/h1-13H,14H2,(H,25,26,27). The second-order valence-corrected chi connectivity index (χ2v) is 7.48. The number of nitrogens with zero attached hydrogens (tertiary/aromatic N) is 2. The summed E-state index contributed by atoms with van der Waals surface area (Å²) in [4.78, 5) is 22.3. The van der Waals surface area contributed by atoms with Gasteiger partial charge in [-0.15, -0.1) is 0 Å². The third-order valence-corrected chi connectivity index (χ3v) is 5.54. The maximum absolute atomic E-state index is 12.6. The topological polar surface area (TPSA) is 54.9 Å². The molecule has 6 heteroatoms. The van der Waals surface area contributed by atoms with Crippen LogP contribution in [0.25, 0.3) is 10.4 Å². The lowest BCUT2D eigenvalue weighted by atomic mass is 10.1. The van der Waals surface area contributed by atoms with Crippen molar-refractivity contribution in [1.29, 1.82) is 0 Å². The predicted molar refractivity (Wildman–Crippen MR) is 114 cm³/mol. The molecule has 2 aromatic carbocycles. The van der Waals surface area contributed by atoms with Crippen LogP contribution in [0, 0.1) is 0 Å². The van der Waals surface area contributed by atoms with Crippen LogP contribution in [0.2, 0.25) is 5.15 Å². The van der Waals surface area contributed by atoms with Crippen molar-refractivity contribution < 1.29 is 4.79 Å². The van der Waals surface area contributed by atoms with Crippen LogP contribution in [0.5, 0.6) is 0 Å². The zero-order chi connectivity index (χ0) is 19.3. The van der Waals surface area contributed by atoms with E-state index in [0.717, 1.165) is 21.7 Å².